The van der Waals surface area contributed by atoms with E-state index in [2.05, 4.69) is 64.6 Å². The lowest BCUT2D eigenvalue weighted by atomic mass is 10.1. The van der Waals surface area contributed by atoms with Crippen LogP contribution in [-0.4, -0.2) is 89.4 Å². The molecule has 1 aromatic carbocycles. The molecule has 1 aliphatic heterocycles. The van der Waals surface area contributed by atoms with Crippen molar-refractivity contribution in [2.75, 3.05) is 67.6 Å². The van der Waals surface area contributed by atoms with Gasteiger partial charge in [-0.3, -0.25) is 9.89 Å². The number of rotatable bonds is 9. The normalized spacial score (nSPS) is 18.2. The van der Waals surface area contributed by atoms with Crippen LogP contribution < -0.4 is 15.4 Å². The van der Waals surface area contributed by atoms with Crippen molar-refractivity contribution in [3.05, 3.63) is 29.3 Å². The van der Waals surface area contributed by atoms with Gasteiger partial charge in [-0.2, -0.15) is 0 Å². The molecular formula is C21H38IN5O2. The van der Waals surface area contributed by atoms with Gasteiger partial charge in [0.05, 0.1) is 6.61 Å². The summed E-state index contributed by atoms with van der Waals surface area (Å²) in [5, 5.41) is 6.88. The number of piperazine rings is 1. The van der Waals surface area contributed by atoms with Gasteiger partial charge >= 0.3 is 0 Å². The first-order valence-electron chi connectivity index (χ1n) is 10.1. The van der Waals surface area contributed by atoms with Crippen LogP contribution in [-0.2, 0) is 11.3 Å². The Bertz CT molecular complexity index is 629. The van der Waals surface area contributed by atoms with Gasteiger partial charge in [0.15, 0.2) is 5.96 Å². The van der Waals surface area contributed by atoms with Gasteiger partial charge in [0, 0.05) is 71.5 Å². The van der Waals surface area contributed by atoms with Crippen LogP contribution in [0.2, 0.25) is 0 Å². The Hall–Kier alpha value is -1.10. The van der Waals surface area contributed by atoms with E-state index in [4.69, 9.17) is 9.47 Å². The van der Waals surface area contributed by atoms with Crippen LogP contribution in [0.5, 0.6) is 5.75 Å². The summed E-state index contributed by atoms with van der Waals surface area (Å²) in [5.41, 5.74) is 2.32. The number of likely N-dealkylation sites (N-methyl/N-ethyl adjacent to an activating group) is 2. The maximum atomic E-state index is 5.97. The second kappa shape index (κ2) is 14.0. The fraction of sp³-hybridized carbons (Fsp3) is 0.667. The van der Waals surface area contributed by atoms with Gasteiger partial charge in [0.2, 0.25) is 0 Å². The van der Waals surface area contributed by atoms with Crippen molar-refractivity contribution >= 4 is 29.9 Å². The number of halogens is 1. The summed E-state index contributed by atoms with van der Waals surface area (Å²) in [6.45, 7) is 8.27. The Balaban J connectivity index is 0.00000420. The highest BCUT2D eigenvalue weighted by atomic mass is 127. The zero-order chi connectivity index (χ0) is 20.4. The summed E-state index contributed by atoms with van der Waals surface area (Å²) in [6, 6.07) is 6.80. The van der Waals surface area contributed by atoms with Crippen molar-refractivity contribution in [3.63, 3.8) is 0 Å². The standard InChI is InChI=1S/C21H37N5O2.HI/c1-17-7-8-18(20(13-17)28-12-6-11-27-5)14-23-21(22-2)24-15-19-16-25(3)9-10-26(19)4;/h7-8,13,19H,6,9-12,14-16H2,1-5H3,(H2,22,23,24);1H. The number of hydrogen-bond acceptors (Lipinski definition) is 5. The van der Waals surface area contributed by atoms with E-state index >= 15 is 0 Å². The van der Waals surface area contributed by atoms with E-state index in [0.29, 0.717) is 25.8 Å². The Morgan fingerprint density at radius 3 is 2.72 bits per heavy atom. The van der Waals surface area contributed by atoms with Crippen LogP contribution in [0, 0.1) is 6.92 Å². The fourth-order valence-corrected chi connectivity index (χ4v) is 3.26. The summed E-state index contributed by atoms with van der Waals surface area (Å²) in [7, 11) is 7.89. The molecule has 1 heterocycles. The highest BCUT2D eigenvalue weighted by molar-refractivity contribution is 14.0. The molecule has 1 aliphatic rings. The van der Waals surface area contributed by atoms with Crippen LogP contribution in [0.3, 0.4) is 0 Å². The number of guanidine groups is 1. The molecule has 0 radical (unpaired) electrons. The van der Waals surface area contributed by atoms with Crippen molar-refractivity contribution in [1.82, 2.24) is 20.4 Å². The highest BCUT2D eigenvalue weighted by Gasteiger charge is 2.22. The molecule has 0 saturated carbocycles. The molecule has 1 saturated heterocycles. The van der Waals surface area contributed by atoms with Gasteiger partial charge in [-0.05, 0) is 32.6 Å². The molecule has 7 nitrogen and oxygen atoms in total. The summed E-state index contributed by atoms with van der Waals surface area (Å²) >= 11 is 0. The lowest BCUT2D eigenvalue weighted by molar-refractivity contribution is 0.116. The summed E-state index contributed by atoms with van der Waals surface area (Å²) in [6.07, 6.45) is 0.879. The van der Waals surface area contributed by atoms with Crippen LogP contribution in [0.15, 0.2) is 23.2 Å². The molecule has 1 fully saturated rings. The van der Waals surface area contributed by atoms with Crippen molar-refractivity contribution in [2.45, 2.75) is 25.9 Å². The van der Waals surface area contributed by atoms with E-state index in [1.54, 1.807) is 7.11 Å². The summed E-state index contributed by atoms with van der Waals surface area (Å²) in [4.78, 5) is 9.16. The van der Waals surface area contributed by atoms with Crippen LogP contribution in [0.25, 0.3) is 0 Å². The molecule has 1 aromatic rings. The number of hydrogen-bond donors (Lipinski definition) is 2. The number of nitrogens with zero attached hydrogens (tertiary/aromatic N) is 3. The molecule has 8 heteroatoms. The quantitative estimate of drug-likeness (QED) is 0.225. The van der Waals surface area contributed by atoms with Gasteiger partial charge in [-0.25, -0.2) is 0 Å². The minimum Gasteiger partial charge on any atom is -0.493 e. The molecule has 0 amide bonds. The van der Waals surface area contributed by atoms with E-state index in [9.17, 15) is 0 Å². The van der Waals surface area contributed by atoms with Gasteiger partial charge < -0.3 is 25.0 Å². The van der Waals surface area contributed by atoms with Crippen molar-refractivity contribution in [1.29, 1.82) is 0 Å². The van der Waals surface area contributed by atoms with E-state index in [1.807, 2.05) is 7.05 Å². The highest BCUT2D eigenvalue weighted by Crippen LogP contribution is 2.20. The second-order valence-corrected chi connectivity index (χ2v) is 7.51. The summed E-state index contributed by atoms with van der Waals surface area (Å²) < 4.78 is 11.1. The minimum atomic E-state index is 0. The topological polar surface area (TPSA) is 61.4 Å². The number of methoxy groups -OCH3 is 1. The number of aryl methyl sites for hydroxylation is 1. The smallest absolute Gasteiger partial charge is 0.191 e. The molecule has 1 atom stereocenters. The third kappa shape index (κ3) is 9.06. The van der Waals surface area contributed by atoms with Crippen molar-refractivity contribution in [2.24, 2.45) is 4.99 Å². The molecule has 0 bridgehead atoms. The molecular weight excluding hydrogens is 481 g/mol. The first-order chi connectivity index (χ1) is 13.5. The third-order valence-electron chi connectivity index (χ3n) is 5.13. The molecule has 2 rings (SSSR count). The van der Waals surface area contributed by atoms with Gasteiger partial charge in [-0.15, -0.1) is 24.0 Å². The van der Waals surface area contributed by atoms with E-state index in [-0.39, 0.29) is 24.0 Å². The molecule has 1 unspecified atom stereocenters. The zero-order valence-corrected chi connectivity index (χ0v) is 20.9. The molecule has 0 spiro atoms. The van der Waals surface area contributed by atoms with Crippen molar-refractivity contribution in [3.8, 4) is 5.75 Å². The fourth-order valence-electron chi connectivity index (χ4n) is 3.26. The van der Waals surface area contributed by atoms with Crippen LogP contribution >= 0.6 is 24.0 Å². The first-order valence-corrected chi connectivity index (χ1v) is 10.1. The van der Waals surface area contributed by atoms with Crippen molar-refractivity contribution < 1.29 is 9.47 Å². The lowest BCUT2D eigenvalue weighted by Gasteiger charge is -2.37. The Morgan fingerprint density at radius 1 is 1.21 bits per heavy atom. The lowest BCUT2D eigenvalue weighted by Crippen LogP contribution is -2.55. The molecule has 0 aliphatic carbocycles. The largest absolute Gasteiger partial charge is 0.493 e. The first kappa shape index (κ1) is 25.9. The predicted molar refractivity (Wildman–Crippen MR) is 131 cm³/mol. The number of ether oxygens (including phenoxy) is 2. The Morgan fingerprint density at radius 2 is 2.00 bits per heavy atom. The Labute approximate surface area is 193 Å². The average molecular weight is 519 g/mol. The maximum Gasteiger partial charge on any atom is 0.191 e. The van der Waals surface area contributed by atoms with Crippen LogP contribution in [0.4, 0.5) is 0 Å². The van der Waals surface area contributed by atoms with E-state index in [0.717, 1.165) is 49.9 Å². The molecule has 29 heavy (non-hydrogen) atoms. The van der Waals surface area contributed by atoms with Crippen LogP contribution in [0.1, 0.15) is 17.5 Å². The maximum absolute atomic E-state index is 5.97. The Kier molecular flexibility index (Phi) is 12.5. The van der Waals surface area contributed by atoms with Gasteiger partial charge in [-0.1, -0.05) is 12.1 Å². The zero-order valence-electron chi connectivity index (χ0n) is 18.5. The molecule has 0 aromatic heterocycles. The average Bonchev–Trinajstić information content (AvgIpc) is 2.69. The second-order valence-electron chi connectivity index (χ2n) is 7.51. The monoisotopic (exact) mass is 519 g/mol. The van der Waals surface area contributed by atoms with Gasteiger partial charge in [0.25, 0.3) is 0 Å². The molecule has 166 valence electrons. The molecule has 2 N–H and O–H groups in total. The predicted octanol–water partition coefficient (Wildman–Crippen LogP) is 1.94. The number of aliphatic imine (C=N–C) groups is 1. The van der Waals surface area contributed by atoms with Gasteiger partial charge in [0.1, 0.15) is 5.75 Å². The number of nitrogens with one attached hydrogen (secondary N) is 2. The summed E-state index contributed by atoms with van der Waals surface area (Å²) in [5.74, 6) is 1.74. The number of benzene rings is 1. The SMILES string of the molecule is CN=C(NCc1ccc(C)cc1OCCCOC)NCC1CN(C)CCN1C.I. The van der Waals surface area contributed by atoms with E-state index < -0.39 is 0 Å². The third-order valence-corrected chi connectivity index (χ3v) is 5.13. The van der Waals surface area contributed by atoms with E-state index in [1.165, 1.54) is 5.56 Å². The minimum absolute atomic E-state index is 0.